The van der Waals surface area contributed by atoms with Crippen LogP contribution < -0.4 is 9.64 Å². The largest absolute Gasteiger partial charge is 0.497 e. The van der Waals surface area contributed by atoms with E-state index in [1.165, 1.54) is 12.0 Å². The second kappa shape index (κ2) is 4.55. The van der Waals surface area contributed by atoms with Crippen LogP contribution in [0.15, 0.2) is 24.3 Å². The van der Waals surface area contributed by atoms with Crippen molar-refractivity contribution in [2.75, 3.05) is 19.1 Å². The minimum atomic E-state index is -0.658. The molecule has 5 nitrogen and oxygen atoms in total. The van der Waals surface area contributed by atoms with Crippen LogP contribution in [0, 0.1) is 0 Å². The van der Waals surface area contributed by atoms with Crippen molar-refractivity contribution >= 4 is 17.9 Å². The quantitative estimate of drug-likeness (QED) is 0.567. The van der Waals surface area contributed by atoms with Crippen LogP contribution in [0.2, 0.25) is 0 Å². The zero-order chi connectivity index (χ0) is 12.4. The van der Waals surface area contributed by atoms with E-state index in [1.54, 1.807) is 31.4 Å². The fraction of sp³-hybridized carbons (Fsp3) is 0.333. The number of aldehydes is 1. The van der Waals surface area contributed by atoms with Gasteiger partial charge < -0.3 is 14.3 Å². The van der Waals surface area contributed by atoms with E-state index in [4.69, 9.17) is 9.47 Å². The molecule has 0 aliphatic carbocycles. The second-order valence-corrected chi connectivity index (χ2v) is 3.69. The summed E-state index contributed by atoms with van der Waals surface area (Å²) in [5, 5.41) is 0. The first-order valence-electron chi connectivity index (χ1n) is 5.18. The summed E-state index contributed by atoms with van der Waals surface area (Å²) in [4.78, 5) is 24.1. The number of methoxy groups -OCH3 is 2. The summed E-state index contributed by atoms with van der Waals surface area (Å²) >= 11 is 0. The first-order valence-corrected chi connectivity index (χ1v) is 5.18. The molecule has 1 amide bonds. The average Bonchev–Trinajstić information content (AvgIpc) is 2.37. The number of carbonyl (C=O) groups excluding carboxylic acids is 2. The fourth-order valence-electron chi connectivity index (χ4n) is 1.90. The first-order chi connectivity index (χ1) is 8.22. The normalized spacial score (nSPS) is 23.2. The van der Waals surface area contributed by atoms with Crippen LogP contribution in [0.3, 0.4) is 0 Å². The van der Waals surface area contributed by atoms with Crippen molar-refractivity contribution in [1.82, 2.24) is 0 Å². The van der Waals surface area contributed by atoms with E-state index in [-0.39, 0.29) is 5.91 Å². The van der Waals surface area contributed by atoms with E-state index in [1.807, 2.05) is 0 Å². The standard InChI is InChI=1S/C12H13NO4/c1-16-9-5-3-8(4-6-9)13-10(7-14)11(17-2)12(13)15/h3-7,10-11H,1-2H3/t10-,11+/m1/s1. The van der Waals surface area contributed by atoms with Gasteiger partial charge in [0, 0.05) is 12.8 Å². The Bertz CT molecular complexity index is 429. The van der Waals surface area contributed by atoms with Gasteiger partial charge in [0.1, 0.15) is 18.1 Å². The number of amides is 1. The lowest BCUT2D eigenvalue weighted by Crippen LogP contribution is -2.66. The maximum atomic E-state index is 11.7. The van der Waals surface area contributed by atoms with Crippen LogP contribution in [-0.2, 0) is 14.3 Å². The van der Waals surface area contributed by atoms with Crippen molar-refractivity contribution in [3.05, 3.63) is 24.3 Å². The predicted molar refractivity (Wildman–Crippen MR) is 61.1 cm³/mol. The van der Waals surface area contributed by atoms with Crippen molar-refractivity contribution in [2.45, 2.75) is 12.1 Å². The van der Waals surface area contributed by atoms with Gasteiger partial charge in [0.2, 0.25) is 0 Å². The molecule has 0 bridgehead atoms. The van der Waals surface area contributed by atoms with E-state index < -0.39 is 12.1 Å². The van der Waals surface area contributed by atoms with E-state index >= 15 is 0 Å². The lowest BCUT2D eigenvalue weighted by molar-refractivity contribution is -0.142. The van der Waals surface area contributed by atoms with Gasteiger partial charge in [-0.2, -0.15) is 0 Å². The van der Waals surface area contributed by atoms with Crippen LogP contribution in [-0.4, -0.2) is 38.6 Å². The molecule has 1 aliphatic rings. The number of ether oxygens (including phenoxy) is 2. The summed E-state index contributed by atoms with van der Waals surface area (Å²) in [6.45, 7) is 0. The van der Waals surface area contributed by atoms with Crippen LogP contribution in [0.25, 0.3) is 0 Å². The lowest BCUT2D eigenvalue weighted by atomic mass is 9.98. The van der Waals surface area contributed by atoms with Crippen LogP contribution in [0.4, 0.5) is 5.69 Å². The number of rotatable bonds is 4. The molecule has 0 saturated carbocycles. The van der Waals surface area contributed by atoms with Gasteiger partial charge in [-0.1, -0.05) is 0 Å². The Hall–Kier alpha value is -1.88. The van der Waals surface area contributed by atoms with Crippen molar-refractivity contribution < 1.29 is 19.1 Å². The summed E-state index contributed by atoms with van der Waals surface area (Å²) in [5.74, 6) is 0.502. The van der Waals surface area contributed by atoms with Gasteiger partial charge in [0.25, 0.3) is 5.91 Å². The van der Waals surface area contributed by atoms with E-state index in [0.29, 0.717) is 11.4 Å². The molecule has 1 fully saturated rings. The number of hydrogen-bond acceptors (Lipinski definition) is 4. The number of hydrogen-bond donors (Lipinski definition) is 0. The monoisotopic (exact) mass is 235 g/mol. The molecule has 0 spiro atoms. The third kappa shape index (κ3) is 1.78. The third-order valence-electron chi connectivity index (χ3n) is 2.83. The topological polar surface area (TPSA) is 55.8 Å². The molecule has 0 unspecified atom stereocenters. The molecule has 0 aromatic heterocycles. The molecular weight excluding hydrogens is 222 g/mol. The molecular formula is C12H13NO4. The van der Waals surface area contributed by atoms with Crippen molar-refractivity contribution in [1.29, 1.82) is 0 Å². The Morgan fingerprint density at radius 1 is 1.24 bits per heavy atom. The number of carbonyl (C=O) groups is 2. The van der Waals surface area contributed by atoms with Gasteiger partial charge in [-0.15, -0.1) is 0 Å². The number of anilines is 1. The van der Waals surface area contributed by atoms with E-state index in [9.17, 15) is 9.59 Å². The highest BCUT2D eigenvalue weighted by Crippen LogP contribution is 2.29. The minimum absolute atomic E-state index is 0.199. The lowest BCUT2D eigenvalue weighted by Gasteiger charge is -2.42. The molecule has 0 radical (unpaired) electrons. The third-order valence-corrected chi connectivity index (χ3v) is 2.83. The minimum Gasteiger partial charge on any atom is -0.497 e. The molecule has 2 rings (SSSR count). The summed E-state index contributed by atoms with van der Waals surface area (Å²) < 4.78 is 9.98. The van der Waals surface area contributed by atoms with Crippen LogP contribution in [0.1, 0.15) is 0 Å². The molecule has 5 heteroatoms. The Balaban J connectivity index is 2.22. The fourth-order valence-corrected chi connectivity index (χ4v) is 1.90. The van der Waals surface area contributed by atoms with Crippen LogP contribution in [0.5, 0.6) is 5.75 Å². The highest BCUT2D eigenvalue weighted by atomic mass is 16.5. The Morgan fingerprint density at radius 3 is 2.35 bits per heavy atom. The average molecular weight is 235 g/mol. The molecule has 1 heterocycles. The summed E-state index contributed by atoms with van der Waals surface area (Å²) in [7, 11) is 2.99. The Labute approximate surface area is 98.9 Å². The second-order valence-electron chi connectivity index (χ2n) is 3.69. The van der Waals surface area contributed by atoms with E-state index in [0.717, 1.165) is 6.29 Å². The SMILES string of the molecule is COc1ccc(N2C(=O)[C@@H](OC)[C@H]2C=O)cc1. The highest BCUT2D eigenvalue weighted by molar-refractivity contribution is 6.10. The summed E-state index contributed by atoms with van der Waals surface area (Å²) in [5.41, 5.74) is 0.668. The van der Waals surface area contributed by atoms with Crippen molar-refractivity contribution in [3.63, 3.8) is 0 Å². The number of benzene rings is 1. The van der Waals surface area contributed by atoms with Gasteiger partial charge in [-0.3, -0.25) is 9.69 Å². The van der Waals surface area contributed by atoms with Crippen LogP contribution >= 0.6 is 0 Å². The van der Waals surface area contributed by atoms with Gasteiger partial charge >= 0.3 is 0 Å². The molecule has 1 aromatic carbocycles. The number of nitrogens with zero attached hydrogens (tertiary/aromatic N) is 1. The highest BCUT2D eigenvalue weighted by Gasteiger charge is 2.48. The van der Waals surface area contributed by atoms with Gasteiger partial charge in [-0.05, 0) is 24.3 Å². The van der Waals surface area contributed by atoms with Gasteiger partial charge in [-0.25, -0.2) is 0 Å². The summed E-state index contributed by atoms with van der Waals surface area (Å²) in [6, 6.07) is 6.41. The Morgan fingerprint density at radius 2 is 1.88 bits per heavy atom. The molecule has 2 atom stereocenters. The first kappa shape index (κ1) is 11.6. The molecule has 17 heavy (non-hydrogen) atoms. The van der Waals surface area contributed by atoms with Crippen molar-refractivity contribution in [3.8, 4) is 5.75 Å². The molecule has 1 aliphatic heterocycles. The zero-order valence-corrected chi connectivity index (χ0v) is 9.62. The van der Waals surface area contributed by atoms with Gasteiger partial charge in [0.15, 0.2) is 6.10 Å². The Kier molecular flexibility index (Phi) is 3.10. The smallest absolute Gasteiger partial charge is 0.259 e. The summed E-state index contributed by atoms with van der Waals surface area (Å²) in [6.07, 6.45) is 0.0642. The zero-order valence-electron chi connectivity index (χ0n) is 9.62. The van der Waals surface area contributed by atoms with Gasteiger partial charge in [0.05, 0.1) is 7.11 Å². The van der Waals surface area contributed by atoms with E-state index in [2.05, 4.69) is 0 Å². The predicted octanol–water partition coefficient (Wildman–Crippen LogP) is 0.624. The molecule has 90 valence electrons. The number of β-lactam (4-membered cyclic amide) rings is 1. The molecule has 1 saturated heterocycles. The maximum absolute atomic E-state index is 11.7. The van der Waals surface area contributed by atoms with Crippen molar-refractivity contribution in [2.24, 2.45) is 0 Å². The molecule has 1 aromatic rings. The molecule has 0 N–H and O–H groups in total. The maximum Gasteiger partial charge on any atom is 0.259 e.